The third-order valence-electron chi connectivity index (χ3n) is 19.3. The molecule has 3 fully saturated rings. The van der Waals surface area contributed by atoms with Gasteiger partial charge < -0.3 is 89.1 Å². The number of aliphatic hydroxyl groups is 1. The van der Waals surface area contributed by atoms with Crippen LogP contribution in [0.3, 0.4) is 0 Å². The summed E-state index contributed by atoms with van der Waals surface area (Å²) in [7, 11) is 0. The molecule has 5 rings (SSSR count). The number of carboxylic acids is 3. The van der Waals surface area contributed by atoms with Crippen LogP contribution in [-0.2, 0) is 88.2 Å². The number of nitrogens with zero attached hydrogens (tertiary/aromatic N) is 3. The highest BCUT2D eigenvalue weighted by Crippen LogP contribution is 2.29. The highest BCUT2D eigenvalue weighted by atomic mass is 32.2. The first-order chi connectivity index (χ1) is 51.7. The lowest BCUT2D eigenvalue weighted by atomic mass is 10.0. The van der Waals surface area contributed by atoms with E-state index in [-0.39, 0.29) is 105 Å². The molecule has 0 bridgehead atoms. The van der Waals surface area contributed by atoms with Crippen LogP contribution in [0.15, 0.2) is 24.3 Å². The number of Topliss-reactive ketones (excluding diaryl/α,β-unsaturated/α-hetero) is 1. The molecule has 17 N–H and O–H groups in total. The molecule has 0 aliphatic carbocycles. The van der Waals surface area contributed by atoms with Gasteiger partial charge in [-0.3, -0.25) is 82.0 Å². The van der Waals surface area contributed by atoms with E-state index in [1.54, 1.807) is 38.1 Å². The fraction of sp³-hybridized carbons (Fsp3) is 0.681. The van der Waals surface area contributed by atoms with E-state index >= 15 is 19.2 Å². The number of carboxylic acid groups (broad SMARTS) is 3. The van der Waals surface area contributed by atoms with Crippen LogP contribution in [0.1, 0.15) is 193 Å². The number of amides is 14. The van der Waals surface area contributed by atoms with Gasteiger partial charge in [0, 0.05) is 74.4 Å². The zero-order chi connectivity index (χ0) is 80.6. The third kappa shape index (κ3) is 30.1. The minimum atomic E-state index is -1.87. The summed E-state index contributed by atoms with van der Waals surface area (Å²) >= 11 is 2.16. The predicted molar refractivity (Wildman–Crippen MR) is 398 cm³/mol. The number of nitrogens with two attached hydrogens (primary N) is 2. The summed E-state index contributed by atoms with van der Waals surface area (Å²) in [6.07, 6.45) is 3.85. The number of aliphatic carboxylic acids is 3. The normalized spacial score (nSPS) is 22.4. The molecule has 35 nitrogen and oxygen atoms in total. The van der Waals surface area contributed by atoms with E-state index in [4.69, 9.17) is 16.6 Å². The number of ketones is 1. The number of likely N-dealkylation sites (tertiary alicyclic amines) is 1. The number of carbonyl (C=O) groups is 17. The van der Waals surface area contributed by atoms with Crippen molar-refractivity contribution in [1.82, 2.24) is 62.6 Å². The minimum Gasteiger partial charge on any atom is -0.481 e. The third-order valence-corrected chi connectivity index (χ3v) is 21.4. The number of aliphatic hydroxyl groups excluding tert-OH is 1. The minimum absolute atomic E-state index is 0.0321. The SMILES string of the molecule is CCCCCCCCCCCC(=O)N[C@H]1C[C@H]2C(=O)N[C@@H](CCC(N)=O)C(=O)N[C@H](C(=O)N[C@@H](CC(=O)O)C(=O)N3CCC[C@H]3C(C)=O)CSCc3ccccc3CSC[C@@H](NC(=O)C(CCC(=O)O)NC(=O)NC(=O)[C@@H](NC(=O)[C@H](N)CCC(=O)O)[C@@H](C)O)C(=O)N[C@H](CC(C)C)C(=O)N3CCC[C@@H]3C(=O)N2C1. The lowest BCUT2D eigenvalue weighted by Gasteiger charge is -2.34. The first kappa shape index (κ1) is 90.6. The number of thioether (sulfide) groups is 2. The Morgan fingerprint density at radius 3 is 1.85 bits per heavy atom. The first-order valence-corrected chi connectivity index (χ1v) is 39.7. The Labute approximate surface area is 642 Å². The number of hydrogen-bond donors (Lipinski definition) is 15. The van der Waals surface area contributed by atoms with Gasteiger partial charge in [-0.15, -0.1) is 0 Å². The van der Waals surface area contributed by atoms with Crippen LogP contribution in [0.2, 0.25) is 0 Å². The Balaban J connectivity index is 1.57. The molecule has 0 spiro atoms. The molecular formula is C72H110N14O21S2. The van der Waals surface area contributed by atoms with Crippen LogP contribution >= 0.6 is 23.5 Å². The standard InChI is InChI=1S/C72H110N14O21S2/c1-6-7-8-9-10-11-12-13-14-23-57(90)75-45-33-55-67(102)76-47(25-27-56(74)89)63(98)79-52(66(101)78-50(34-60(95)96)70(105)84-30-17-21-53(84)41(4)87)39-109-37-44-20-16-15-19-43(44)36-108-38-51(65(100)77-49(32-40(2)3)69(104)85-31-18-22-54(85)71(106)86(55)35-45)80-64(99)48(26-29-59(93)94)81-72(107)83-68(103)61(42(5)88)82-62(97)46(73)24-28-58(91)92/h15-16,19-20,40,42,45-55,61,88H,6-14,17-18,21-39,73H2,1-5H3,(H2,74,89)(H,75,90)(H,76,102)(H,77,100)(H,78,101)(H,79,98)(H,80,99)(H,82,97)(H,91,92)(H,93,94)(H,95,96)(H2,81,83,103,107)/t42-,45+,46-,47+,48?,49-,50+,51-,52+,53+,54-,55+,61+/m1/s1. The van der Waals surface area contributed by atoms with Gasteiger partial charge in [0.05, 0.1) is 24.6 Å². The Kier molecular flexibility index (Phi) is 38.2. The zero-order valence-corrected chi connectivity index (χ0v) is 64.3. The molecule has 109 heavy (non-hydrogen) atoms. The van der Waals surface area contributed by atoms with E-state index in [0.717, 1.165) is 81.8 Å². The summed E-state index contributed by atoms with van der Waals surface area (Å²) in [4.78, 5) is 237. The molecule has 4 aliphatic rings. The van der Waals surface area contributed by atoms with Crippen molar-refractivity contribution in [3.63, 3.8) is 0 Å². The smallest absolute Gasteiger partial charge is 0.322 e. The summed E-state index contributed by atoms with van der Waals surface area (Å²) in [5.41, 5.74) is 12.7. The van der Waals surface area contributed by atoms with Crippen molar-refractivity contribution in [2.24, 2.45) is 17.4 Å². The fourth-order valence-corrected chi connectivity index (χ4v) is 15.6. The van der Waals surface area contributed by atoms with Gasteiger partial charge in [-0.25, -0.2) is 4.79 Å². The number of rotatable bonds is 35. The topological polar surface area (TPSA) is 541 Å². The Hall–Kier alpha value is -8.97. The van der Waals surface area contributed by atoms with Gasteiger partial charge in [-0.1, -0.05) is 96.4 Å². The fourth-order valence-electron chi connectivity index (χ4n) is 13.4. The van der Waals surface area contributed by atoms with Crippen LogP contribution < -0.4 is 59.3 Å². The van der Waals surface area contributed by atoms with Crippen molar-refractivity contribution in [2.75, 3.05) is 31.1 Å². The average molecular weight is 1570 g/mol. The van der Waals surface area contributed by atoms with Crippen molar-refractivity contribution in [2.45, 2.75) is 272 Å². The Morgan fingerprint density at radius 2 is 1.25 bits per heavy atom. The van der Waals surface area contributed by atoms with Crippen molar-refractivity contribution in [1.29, 1.82) is 0 Å². The van der Waals surface area contributed by atoms with Crippen LogP contribution in [0, 0.1) is 5.92 Å². The molecule has 0 aromatic heterocycles. The van der Waals surface area contributed by atoms with E-state index in [9.17, 15) is 77.6 Å². The molecule has 0 radical (unpaired) electrons. The number of carbonyl (C=O) groups excluding carboxylic acids is 14. The summed E-state index contributed by atoms with van der Waals surface area (Å²) in [5.74, 6) is -16.6. The van der Waals surface area contributed by atoms with Crippen LogP contribution in [-0.4, -0.2) is 245 Å². The van der Waals surface area contributed by atoms with Gasteiger partial charge in [0.15, 0.2) is 5.78 Å². The monoisotopic (exact) mass is 1570 g/mol. The predicted octanol–water partition coefficient (Wildman–Crippen LogP) is 0.0714. The number of primary amides is 1. The summed E-state index contributed by atoms with van der Waals surface area (Å²) < 4.78 is 0. The van der Waals surface area contributed by atoms with Crippen LogP contribution in [0.25, 0.3) is 0 Å². The van der Waals surface area contributed by atoms with Crippen molar-refractivity contribution in [3.05, 3.63) is 35.4 Å². The molecule has 3 saturated heterocycles. The van der Waals surface area contributed by atoms with Crippen molar-refractivity contribution >= 4 is 124 Å². The molecule has 0 saturated carbocycles. The summed E-state index contributed by atoms with van der Waals surface area (Å²) in [6, 6.07) is -12.4. The molecule has 1 unspecified atom stereocenters. The van der Waals surface area contributed by atoms with Gasteiger partial charge >= 0.3 is 23.9 Å². The quantitative estimate of drug-likeness (QED) is 0.0400. The summed E-state index contributed by atoms with van der Waals surface area (Å²) in [5, 5.41) is 61.7. The van der Waals surface area contributed by atoms with Crippen LogP contribution in [0.5, 0.6) is 0 Å². The van der Waals surface area contributed by atoms with E-state index in [1.165, 1.54) is 21.6 Å². The number of fused-ring (bicyclic) bond motifs is 3. The molecule has 4 heterocycles. The van der Waals surface area contributed by atoms with Gasteiger partial charge in [0.1, 0.15) is 54.4 Å². The molecule has 1 aromatic rings. The van der Waals surface area contributed by atoms with Crippen molar-refractivity contribution < 1.29 is 102 Å². The van der Waals surface area contributed by atoms with Gasteiger partial charge in [0.25, 0.3) is 5.91 Å². The second-order valence-corrected chi connectivity index (χ2v) is 30.7. The lowest BCUT2D eigenvalue weighted by Crippen LogP contribution is -2.61. The molecule has 606 valence electrons. The number of unbranched alkanes of at least 4 members (excludes halogenated alkanes) is 8. The number of nitrogens with one attached hydrogen (secondary N) is 9. The second-order valence-electron chi connectivity index (χ2n) is 28.6. The maximum absolute atomic E-state index is 15.4. The van der Waals surface area contributed by atoms with E-state index in [2.05, 4.69) is 49.5 Å². The molecule has 37 heteroatoms. The second kappa shape index (κ2) is 45.9. The van der Waals surface area contributed by atoms with E-state index in [0.29, 0.717) is 24.0 Å². The van der Waals surface area contributed by atoms with E-state index in [1.807, 2.05) is 5.32 Å². The molecular weight excluding hydrogens is 1460 g/mol. The highest BCUT2D eigenvalue weighted by molar-refractivity contribution is 7.99. The van der Waals surface area contributed by atoms with E-state index < -0.39 is 206 Å². The number of benzene rings is 1. The Bertz CT molecular complexity index is 3400. The highest BCUT2D eigenvalue weighted by Gasteiger charge is 2.48. The van der Waals surface area contributed by atoms with Crippen LogP contribution in [0.4, 0.5) is 4.79 Å². The van der Waals surface area contributed by atoms with Gasteiger partial charge in [0.2, 0.25) is 65.0 Å². The number of imide groups is 1. The summed E-state index contributed by atoms with van der Waals surface area (Å²) in [6.45, 7) is 7.80. The molecule has 14 amide bonds. The maximum atomic E-state index is 15.4. The Morgan fingerprint density at radius 1 is 0.633 bits per heavy atom. The lowest BCUT2D eigenvalue weighted by molar-refractivity contribution is -0.148. The van der Waals surface area contributed by atoms with Gasteiger partial charge in [-0.05, 0) is 95.1 Å². The molecule has 13 atom stereocenters. The first-order valence-electron chi connectivity index (χ1n) is 37.4. The van der Waals surface area contributed by atoms with Gasteiger partial charge in [-0.2, -0.15) is 23.5 Å². The van der Waals surface area contributed by atoms with Crippen molar-refractivity contribution in [3.8, 4) is 0 Å². The molecule has 4 aliphatic heterocycles. The number of hydrogen-bond acceptors (Lipinski definition) is 21. The molecule has 1 aromatic carbocycles. The average Bonchev–Trinajstić information content (AvgIpc) is 1.65. The zero-order valence-electron chi connectivity index (χ0n) is 62.6. The largest absolute Gasteiger partial charge is 0.481 e. The maximum Gasteiger partial charge on any atom is 0.322 e. The number of urea groups is 1.